The second-order valence-electron chi connectivity index (χ2n) is 5.24. The van der Waals surface area contributed by atoms with Crippen molar-refractivity contribution in [3.63, 3.8) is 0 Å². The zero-order valence-corrected chi connectivity index (χ0v) is 12.1. The largest absolute Gasteiger partial charge is 0.398 e. The number of carbonyl (C=O) groups is 1. The van der Waals surface area contributed by atoms with E-state index in [4.69, 9.17) is 5.73 Å². The summed E-state index contributed by atoms with van der Waals surface area (Å²) >= 11 is 0. The number of Topliss-reactive ketones (excluding diaryl/α,β-unsaturated/α-hetero) is 1. The fourth-order valence-corrected chi connectivity index (χ4v) is 2.23. The van der Waals surface area contributed by atoms with Gasteiger partial charge in [-0.25, -0.2) is 0 Å². The van der Waals surface area contributed by atoms with Gasteiger partial charge in [0.15, 0.2) is 5.78 Å². The number of benzene rings is 2. The van der Waals surface area contributed by atoms with Crippen molar-refractivity contribution < 1.29 is 4.79 Å². The number of hydrogen-bond acceptors (Lipinski definition) is 2. The van der Waals surface area contributed by atoms with E-state index in [2.05, 4.69) is 26.0 Å². The number of rotatable bonds is 5. The van der Waals surface area contributed by atoms with Crippen molar-refractivity contribution >= 4 is 11.5 Å². The summed E-state index contributed by atoms with van der Waals surface area (Å²) in [6.45, 7) is 4.39. The molecule has 0 aromatic heterocycles. The average Bonchev–Trinajstić information content (AvgIpc) is 2.47. The molecule has 0 aliphatic rings. The van der Waals surface area contributed by atoms with Gasteiger partial charge in [0.25, 0.3) is 0 Å². The minimum absolute atomic E-state index is 0.0689. The summed E-state index contributed by atoms with van der Waals surface area (Å²) in [7, 11) is 0. The Labute approximate surface area is 120 Å². The van der Waals surface area contributed by atoms with E-state index < -0.39 is 0 Å². The summed E-state index contributed by atoms with van der Waals surface area (Å²) in [4.78, 5) is 12.2. The van der Waals surface area contributed by atoms with Crippen LogP contribution in [-0.4, -0.2) is 5.78 Å². The molecule has 0 radical (unpaired) electrons. The van der Waals surface area contributed by atoms with Crippen LogP contribution in [0.25, 0.3) is 0 Å². The smallest absolute Gasteiger partial charge is 0.169 e. The van der Waals surface area contributed by atoms with E-state index in [1.807, 2.05) is 24.3 Å². The quantitative estimate of drug-likeness (QED) is 0.651. The van der Waals surface area contributed by atoms with Crippen molar-refractivity contribution in [1.82, 2.24) is 0 Å². The molecule has 0 fully saturated rings. The maximum absolute atomic E-state index is 12.2. The first-order chi connectivity index (χ1) is 9.61. The van der Waals surface area contributed by atoms with Gasteiger partial charge < -0.3 is 5.73 Å². The normalized spacial score (nSPS) is 12.1. The molecule has 0 saturated carbocycles. The monoisotopic (exact) mass is 267 g/mol. The van der Waals surface area contributed by atoms with Crippen LogP contribution >= 0.6 is 0 Å². The van der Waals surface area contributed by atoms with Gasteiger partial charge in [-0.2, -0.15) is 0 Å². The van der Waals surface area contributed by atoms with Crippen LogP contribution < -0.4 is 5.73 Å². The first-order valence-electron chi connectivity index (χ1n) is 7.08. The van der Waals surface area contributed by atoms with Gasteiger partial charge >= 0.3 is 0 Å². The fraction of sp³-hybridized carbons (Fsp3) is 0.278. The van der Waals surface area contributed by atoms with Crippen molar-refractivity contribution in [3.8, 4) is 0 Å². The van der Waals surface area contributed by atoms with E-state index in [1.54, 1.807) is 12.1 Å². The van der Waals surface area contributed by atoms with Gasteiger partial charge in [0.2, 0.25) is 0 Å². The van der Waals surface area contributed by atoms with Crippen LogP contribution in [0.3, 0.4) is 0 Å². The SMILES string of the molecule is CCC(C)c1ccc(CC(=O)c2ccccc2N)cc1. The summed E-state index contributed by atoms with van der Waals surface area (Å²) in [5.74, 6) is 0.629. The van der Waals surface area contributed by atoms with Gasteiger partial charge in [-0.15, -0.1) is 0 Å². The summed E-state index contributed by atoms with van der Waals surface area (Å²) in [6, 6.07) is 15.5. The van der Waals surface area contributed by atoms with Gasteiger partial charge in [0.05, 0.1) is 0 Å². The maximum atomic E-state index is 12.2. The molecule has 2 N–H and O–H groups in total. The zero-order valence-electron chi connectivity index (χ0n) is 12.1. The number of ketones is 1. The first-order valence-corrected chi connectivity index (χ1v) is 7.08. The highest BCUT2D eigenvalue weighted by molar-refractivity contribution is 6.01. The standard InChI is InChI=1S/C18H21NO/c1-3-13(2)15-10-8-14(9-11-15)12-18(20)16-6-4-5-7-17(16)19/h4-11,13H,3,12,19H2,1-2H3. The number of hydrogen-bond donors (Lipinski definition) is 1. The van der Waals surface area contributed by atoms with Crippen LogP contribution in [0.5, 0.6) is 0 Å². The van der Waals surface area contributed by atoms with Gasteiger partial charge in [-0.3, -0.25) is 4.79 Å². The van der Waals surface area contributed by atoms with E-state index >= 15 is 0 Å². The number of carbonyl (C=O) groups excluding carboxylic acids is 1. The molecular formula is C18H21NO. The Morgan fingerprint density at radius 3 is 2.35 bits per heavy atom. The number of anilines is 1. The molecule has 20 heavy (non-hydrogen) atoms. The molecule has 0 amide bonds. The Morgan fingerprint density at radius 1 is 1.10 bits per heavy atom. The Balaban J connectivity index is 2.11. The third kappa shape index (κ3) is 3.27. The Morgan fingerprint density at radius 2 is 1.75 bits per heavy atom. The average molecular weight is 267 g/mol. The minimum Gasteiger partial charge on any atom is -0.398 e. The summed E-state index contributed by atoms with van der Waals surface area (Å²) < 4.78 is 0. The Kier molecular flexibility index (Phi) is 4.57. The molecule has 2 heteroatoms. The maximum Gasteiger partial charge on any atom is 0.169 e. The number of para-hydroxylation sites is 1. The van der Waals surface area contributed by atoms with E-state index in [0.717, 1.165) is 12.0 Å². The third-order valence-corrected chi connectivity index (χ3v) is 3.79. The van der Waals surface area contributed by atoms with Crippen LogP contribution in [0, 0.1) is 0 Å². The molecule has 0 spiro atoms. The highest BCUT2D eigenvalue weighted by Crippen LogP contribution is 2.20. The molecular weight excluding hydrogens is 246 g/mol. The van der Waals surface area contributed by atoms with Gasteiger partial charge in [-0.1, -0.05) is 50.2 Å². The fourth-order valence-electron chi connectivity index (χ4n) is 2.23. The van der Waals surface area contributed by atoms with Crippen molar-refractivity contribution in [3.05, 3.63) is 65.2 Å². The minimum atomic E-state index is 0.0689. The van der Waals surface area contributed by atoms with E-state index in [9.17, 15) is 4.79 Å². The van der Waals surface area contributed by atoms with Crippen LogP contribution in [-0.2, 0) is 6.42 Å². The molecule has 2 aromatic carbocycles. The second kappa shape index (κ2) is 6.38. The summed E-state index contributed by atoms with van der Waals surface area (Å²) in [5, 5.41) is 0. The van der Waals surface area contributed by atoms with Gasteiger partial charge in [-0.05, 0) is 35.6 Å². The molecule has 0 aliphatic carbocycles. The van der Waals surface area contributed by atoms with Crippen LogP contribution in [0.4, 0.5) is 5.69 Å². The summed E-state index contributed by atoms with van der Waals surface area (Å²) in [5.41, 5.74) is 9.35. The molecule has 1 atom stereocenters. The van der Waals surface area contributed by atoms with Crippen molar-refractivity contribution in [2.24, 2.45) is 0 Å². The van der Waals surface area contributed by atoms with Crippen LogP contribution in [0.2, 0.25) is 0 Å². The highest BCUT2D eigenvalue weighted by Gasteiger charge is 2.10. The molecule has 2 nitrogen and oxygen atoms in total. The first kappa shape index (κ1) is 14.3. The second-order valence-corrected chi connectivity index (χ2v) is 5.24. The lowest BCUT2D eigenvalue weighted by molar-refractivity contribution is 0.0994. The molecule has 0 saturated heterocycles. The van der Waals surface area contributed by atoms with Gasteiger partial charge in [0, 0.05) is 17.7 Å². The molecule has 1 unspecified atom stereocenters. The van der Waals surface area contributed by atoms with Crippen LogP contribution in [0.1, 0.15) is 47.7 Å². The van der Waals surface area contributed by atoms with E-state index in [0.29, 0.717) is 23.6 Å². The van der Waals surface area contributed by atoms with E-state index in [1.165, 1.54) is 5.56 Å². The lowest BCUT2D eigenvalue weighted by Gasteiger charge is -2.10. The van der Waals surface area contributed by atoms with E-state index in [-0.39, 0.29) is 5.78 Å². The predicted molar refractivity (Wildman–Crippen MR) is 84.0 cm³/mol. The predicted octanol–water partition coefficient (Wildman–Crippen LogP) is 4.21. The lowest BCUT2D eigenvalue weighted by Crippen LogP contribution is -2.07. The number of nitrogen functional groups attached to an aromatic ring is 1. The van der Waals surface area contributed by atoms with Gasteiger partial charge in [0.1, 0.15) is 0 Å². The molecule has 0 bridgehead atoms. The lowest BCUT2D eigenvalue weighted by atomic mass is 9.95. The van der Waals surface area contributed by atoms with Crippen molar-refractivity contribution in [1.29, 1.82) is 0 Å². The molecule has 0 heterocycles. The van der Waals surface area contributed by atoms with Crippen molar-refractivity contribution in [2.45, 2.75) is 32.6 Å². The molecule has 2 rings (SSSR count). The van der Waals surface area contributed by atoms with Crippen LogP contribution in [0.15, 0.2) is 48.5 Å². The third-order valence-electron chi connectivity index (χ3n) is 3.79. The topological polar surface area (TPSA) is 43.1 Å². The Hall–Kier alpha value is -2.09. The highest BCUT2D eigenvalue weighted by atomic mass is 16.1. The van der Waals surface area contributed by atoms with Crippen molar-refractivity contribution in [2.75, 3.05) is 5.73 Å². The molecule has 2 aromatic rings. The number of nitrogens with two attached hydrogens (primary N) is 1. The Bertz CT molecular complexity index is 587. The molecule has 104 valence electrons. The summed E-state index contributed by atoms with van der Waals surface area (Å²) in [6.07, 6.45) is 1.52. The molecule has 0 aliphatic heterocycles. The zero-order chi connectivity index (χ0) is 14.5.